The molecule has 21 heavy (non-hydrogen) atoms. The van der Waals surface area contributed by atoms with Crippen molar-refractivity contribution in [3.8, 4) is 0 Å². The predicted molar refractivity (Wildman–Crippen MR) is 83.5 cm³/mol. The standard InChI is InChI=1S/C19H20O2/c20-18(21)19(14-12-15-7-2-1-3-8-15)13-6-10-16-9-4-5-11-17(16)19/h1-5,7-9,11H,6,10,12-14H2,(H,20,21). The first kappa shape index (κ1) is 13.9. The number of carbonyl (C=O) groups is 1. The lowest BCUT2D eigenvalue weighted by Crippen LogP contribution is -2.39. The minimum Gasteiger partial charge on any atom is -0.481 e. The van der Waals surface area contributed by atoms with Crippen LogP contribution in [0.5, 0.6) is 0 Å². The van der Waals surface area contributed by atoms with Crippen LogP contribution in [-0.2, 0) is 23.1 Å². The Balaban J connectivity index is 1.93. The number of hydrogen-bond acceptors (Lipinski definition) is 1. The van der Waals surface area contributed by atoms with E-state index >= 15 is 0 Å². The summed E-state index contributed by atoms with van der Waals surface area (Å²) in [5, 5.41) is 9.91. The Hall–Kier alpha value is -2.09. The van der Waals surface area contributed by atoms with Crippen LogP contribution in [0.2, 0.25) is 0 Å². The van der Waals surface area contributed by atoms with Crippen LogP contribution in [0.3, 0.4) is 0 Å². The lowest BCUT2D eigenvalue weighted by Gasteiger charge is -2.35. The molecule has 2 aromatic carbocycles. The summed E-state index contributed by atoms with van der Waals surface area (Å²) in [6.07, 6.45) is 4.17. The van der Waals surface area contributed by atoms with Crippen LogP contribution in [-0.4, -0.2) is 11.1 Å². The topological polar surface area (TPSA) is 37.3 Å². The third-order valence-electron chi connectivity index (χ3n) is 4.68. The van der Waals surface area contributed by atoms with Crippen LogP contribution in [0.25, 0.3) is 0 Å². The molecule has 108 valence electrons. The Morgan fingerprint density at radius 2 is 1.76 bits per heavy atom. The molecule has 1 aliphatic rings. The molecule has 0 fully saturated rings. The van der Waals surface area contributed by atoms with Gasteiger partial charge in [0.15, 0.2) is 0 Å². The van der Waals surface area contributed by atoms with E-state index in [0.29, 0.717) is 6.42 Å². The molecule has 2 aromatic rings. The number of aliphatic carboxylic acids is 1. The maximum atomic E-state index is 12.1. The second-order valence-electron chi connectivity index (χ2n) is 5.88. The van der Waals surface area contributed by atoms with Crippen molar-refractivity contribution in [1.82, 2.24) is 0 Å². The summed E-state index contributed by atoms with van der Waals surface area (Å²) in [6.45, 7) is 0. The zero-order valence-corrected chi connectivity index (χ0v) is 12.1. The third-order valence-corrected chi connectivity index (χ3v) is 4.68. The molecule has 0 radical (unpaired) electrons. The first-order chi connectivity index (χ1) is 10.2. The van der Waals surface area contributed by atoms with Gasteiger partial charge in [-0.2, -0.15) is 0 Å². The second kappa shape index (κ2) is 5.72. The minimum absolute atomic E-state index is 0.670. The van der Waals surface area contributed by atoms with E-state index in [9.17, 15) is 9.90 Å². The molecule has 0 saturated heterocycles. The summed E-state index contributed by atoms with van der Waals surface area (Å²) in [4.78, 5) is 12.1. The average Bonchev–Trinajstić information content (AvgIpc) is 2.53. The number of carboxylic acids is 1. The fourth-order valence-electron chi connectivity index (χ4n) is 3.51. The summed E-state index contributed by atoms with van der Waals surface area (Å²) in [6, 6.07) is 18.2. The van der Waals surface area contributed by atoms with E-state index in [4.69, 9.17) is 0 Å². The quantitative estimate of drug-likeness (QED) is 0.919. The minimum atomic E-state index is -0.718. The van der Waals surface area contributed by atoms with Crippen LogP contribution in [0, 0.1) is 0 Å². The highest BCUT2D eigenvalue weighted by Gasteiger charge is 2.42. The Morgan fingerprint density at radius 3 is 2.52 bits per heavy atom. The average molecular weight is 280 g/mol. The SMILES string of the molecule is O=C(O)C1(CCc2ccccc2)CCCc2ccccc21. The van der Waals surface area contributed by atoms with Gasteiger partial charge < -0.3 is 5.11 Å². The summed E-state index contributed by atoms with van der Waals surface area (Å²) in [5.41, 5.74) is 2.73. The van der Waals surface area contributed by atoms with Gasteiger partial charge in [0.1, 0.15) is 0 Å². The maximum absolute atomic E-state index is 12.1. The van der Waals surface area contributed by atoms with Gasteiger partial charge in [-0.15, -0.1) is 0 Å². The summed E-state index contributed by atoms with van der Waals surface area (Å²) < 4.78 is 0. The molecule has 0 saturated carbocycles. The fraction of sp³-hybridized carbons (Fsp3) is 0.316. The van der Waals surface area contributed by atoms with Crippen LogP contribution in [0.1, 0.15) is 36.0 Å². The molecule has 0 amide bonds. The van der Waals surface area contributed by atoms with Crippen LogP contribution >= 0.6 is 0 Å². The van der Waals surface area contributed by atoms with Gasteiger partial charge in [0.05, 0.1) is 5.41 Å². The van der Waals surface area contributed by atoms with E-state index in [2.05, 4.69) is 18.2 Å². The molecular formula is C19H20O2. The summed E-state index contributed by atoms with van der Waals surface area (Å²) >= 11 is 0. The number of carboxylic acid groups (broad SMARTS) is 1. The van der Waals surface area contributed by atoms with Crippen molar-refractivity contribution >= 4 is 5.97 Å². The molecule has 3 rings (SSSR count). The Kier molecular flexibility index (Phi) is 3.78. The van der Waals surface area contributed by atoms with Gasteiger partial charge in [-0.25, -0.2) is 0 Å². The fourth-order valence-corrected chi connectivity index (χ4v) is 3.51. The lowest BCUT2D eigenvalue weighted by molar-refractivity contribution is -0.144. The van der Waals surface area contributed by atoms with E-state index < -0.39 is 11.4 Å². The van der Waals surface area contributed by atoms with Gasteiger partial charge in [-0.1, -0.05) is 54.6 Å². The van der Waals surface area contributed by atoms with Crippen molar-refractivity contribution in [3.05, 3.63) is 71.3 Å². The van der Waals surface area contributed by atoms with Crippen LogP contribution in [0.15, 0.2) is 54.6 Å². The van der Waals surface area contributed by atoms with Gasteiger partial charge in [0.25, 0.3) is 0 Å². The zero-order chi connectivity index (χ0) is 14.7. The van der Waals surface area contributed by atoms with Crippen molar-refractivity contribution in [2.45, 2.75) is 37.5 Å². The van der Waals surface area contributed by atoms with E-state index in [-0.39, 0.29) is 0 Å². The number of benzene rings is 2. The highest BCUT2D eigenvalue weighted by Crippen LogP contribution is 2.41. The largest absolute Gasteiger partial charge is 0.481 e. The molecule has 2 heteroatoms. The molecule has 0 spiro atoms. The van der Waals surface area contributed by atoms with Crippen LogP contribution in [0.4, 0.5) is 0 Å². The van der Waals surface area contributed by atoms with Crippen molar-refractivity contribution < 1.29 is 9.90 Å². The van der Waals surface area contributed by atoms with Gasteiger partial charge in [-0.05, 0) is 48.8 Å². The van der Waals surface area contributed by atoms with E-state index in [0.717, 1.165) is 31.2 Å². The first-order valence-corrected chi connectivity index (χ1v) is 7.58. The lowest BCUT2D eigenvalue weighted by atomic mass is 9.67. The molecule has 1 atom stereocenters. The number of aryl methyl sites for hydroxylation is 2. The normalized spacial score (nSPS) is 20.8. The monoisotopic (exact) mass is 280 g/mol. The number of fused-ring (bicyclic) bond motifs is 1. The van der Waals surface area contributed by atoms with Crippen molar-refractivity contribution in [1.29, 1.82) is 0 Å². The summed E-state index contributed by atoms with van der Waals surface area (Å²) in [7, 11) is 0. The molecule has 1 N–H and O–H groups in total. The van der Waals surface area contributed by atoms with Gasteiger partial charge in [-0.3, -0.25) is 4.79 Å². The first-order valence-electron chi connectivity index (χ1n) is 7.58. The molecule has 0 heterocycles. The molecule has 2 nitrogen and oxygen atoms in total. The number of hydrogen-bond donors (Lipinski definition) is 1. The van der Waals surface area contributed by atoms with Crippen LogP contribution < -0.4 is 0 Å². The van der Waals surface area contributed by atoms with E-state index in [1.807, 2.05) is 36.4 Å². The molecule has 1 aliphatic carbocycles. The van der Waals surface area contributed by atoms with Gasteiger partial charge >= 0.3 is 5.97 Å². The number of rotatable bonds is 4. The van der Waals surface area contributed by atoms with E-state index in [1.54, 1.807) is 0 Å². The zero-order valence-electron chi connectivity index (χ0n) is 12.1. The highest BCUT2D eigenvalue weighted by atomic mass is 16.4. The molecular weight excluding hydrogens is 260 g/mol. The van der Waals surface area contributed by atoms with Gasteiger partial charge in [0.2, 0.25) is 0 Å². The highest BCUT2D eigenvalue weighted by molar-refractivity contribution is 5.82. The Bertz CT molecular complexity index is 633. The second-order valence-corrected chi connectivity index (χ2v) is 5.88. The van der Waals surface area contributed by atoms with Crippen molar-refractivity contribution in [2.75, 3.05) is 0 Å². The maximum Gasteiger partial charge on any atom is 0.314 e. The molecule has 0 aromatic heterocycles. The van der Waals surface area contributed by atoms with E-state index in [1.165, 1.54) is 11.1 Å². The van der Waals surface area contributed by atoms with Crippen molar-refractivity contribution in [2.24, 2.45) is 0 Å². The Labute approximate surface area is 125 Å². The third kappa shape index (κ3) is 2.58. The molecule has 0 aliphatic heterocycles. The predicted octanol–water partition coefficient (Wildman–Crippen LogP) is 3.98. The summed E-state index contributed by atoms with van der Waals surface area (Å²) in [5.74, 6) is -0.675. The van der Waals surface area contributed by atoms with Crippen molar-refractivity contribution in [3.63, 3.8) is 0 Å². The smallest absolute Gasteiger partial charge is 0.314 e. The molecule has 0 bridgehead atoms. The van der Waals surface area contributed by atoms with Gasteiger partial charge in [0, 0.05) is 0 Å². The Morgan fingerprint density at radius 1 is 1.05 bits per heavy atom. The molecule has 1 unspecified atom stereocenters.